The topological polar surface area (TPSA) is 88.3 Å². The van der Waals surface area contributed by atoms with Crippen LogP contribution in [0.2, 0.25) is 0 Å². The molecule has 1 fully saturated rings. The first-order chi connectivity index (χ1) is 11.3. The molecule has 24 heavy (non-hydrogen) atoms. The number of aryl methyl sites for hydroxylation is 1. The predicted molar refractivity (Wildman–Crippen MR) is 89.0 cm³/mol. The highest BCUT2D eigenvalue weighted by molar-refractivity contribution is 6.01. The molecule has 128 valence electrons. The number of amides is 1. The third-order valence-electron chi connectivity index (χ3n) is 4.83. The molecule has 1 N–H and O–H groups in total. The molecule has 1 saturated heterocycles. The molecule has 0 spiro atoms. The summed E-state index contributed by atoms with van der Waals surface area (Å²) in [5.41, 5.74) is 0.622. The zero-order valence-corrected chi connectivity index (χ0v) is 14.4. The predicted octanol–water partition coefficient (Wildman–Crippen LogP) is 2.40. The molecule has 3 heterocycles. The molecule has 3 rings (SSSR count). The van der Waals surface area contributed by atoms with Gasteiger partial charge >= 0.3 is 5.97 Å². The molecule has 0 aliphatic carbocycles. The second-order valence-corrected chi connectivity index (χ2v) is 6.86. The van der Waals surface area contributed by atoms with Gasteiger partial charge in [-0.1, -0.05) is 0 Å². The molecule has 1 aliphatic rings. The number of fused-ring (bicyclic) bond motifs is 1. The van der Waals surface area contributed by atoms with Crippen LogP contribution in [0.3, 0.4) is 0 Å². The van der Waals surface area contributed by atoms with Crippen LogP contribution in [0.15, 0.2) is 12.3 Å². The Kier molecular flexibility index (Phi) is 3.81. The van der Waals surface area contributed by atoms with Crippen LogP contribution in [0.25, 0.3) is 11.0 Å². The standard InChI is InChI=1S/C17H22N4O3/c1-10(2)21-14-12(9-18-21)8-13(11(3)19-14)15(22)20-7-5-6-17(20,4)16(23)24/h8-10H,5-7H2,1-4H3,(H,23,24). The molecule has 2 aromatic heterocycles. The Labute approximate surface area is 140 Å². The number of carboxylic acids is 1. The molecule has 1 atom stereocenters. The van der Waals surface area contributed by atoms with Crippen LogP contribution in [0, 0.1) is 6.92 Å². The number of aliphatic carboxylic acids is 1. The minimum Gasteiger partial charge on any atom is -0.480 e. The minimum absolute atomic E-state index is 0.171. The van der Waals surface area contributed by atoms with Gasteiger partial charge in [-0.2, -0.15) is 5.10 Å². The van der Waals surface area contributed by atoms with Crippen LogP contribution >= 0.6 is 0 Å². The summed E-state index contributed by atoms with van der Waals surface area (Å²) in [7, 11) is 0. The number of pyridine rings is 1. The monoisotopic (exact) mass is 330 g/mol. The van der Waals surface area contributed by atoms with Crippen molar-refractivity contribution in [1.82, 2.24) is 19.7 Å². The Morgan fingerprint density at radius 3 is 2.71 bits per heavy atom. The van der Waals surface area contributed by atoms with Crippen molar-refractivity contribution in [3.8, 4) is 0 Å². The average molecular weight is 330 g/mol. The lowest BCUT2D eigenvalue weighted by molar-refractivity contribution is -0.147. The van der Waals surface area contributed by atoms with Crippen LogP contribution in [-0.2, 0) is 4.79 Å². The second kappa shape index (κ2) is 5.58. The van der Waals surface area contributed by atoms with Crippen molar-refractivity contribution in [2.45, 2.75) is 52.1 Å². The summed E-state index contributed by atoms with van der Waals surface area (Å²) in [5.74, 6) is -1.24. The van der Waals surface area contributed by atoms with Gasteiger partial charge in [-0.3, -0.25) is 4.79 Å². The lowest BCUT2D eigenvalue weighted by Gasteiger charge is -2.31. The zero-order chi connectivity index (χ0) is 17.6. The number of rotatable bonds is 3. The van der Waals surface area contributed by atoms with Gasteiger partial charge in [0, 0.05) is 18.0 Å². The van der Waals surface area contributed by atoms with Gasteiger partial charge in [0.05, 0.1) is 17.5 Å². The molecule has 7 heteroatoms. The van der Waals surface area contributed by atoms with Gasteiger partial charge in [0.2, 0.25) is 0 Å². The van der Waals surface area contributed by atoms with E-state index >= 15 is 0 Å². The number of likely N-dealkylation sites (tertiary alicyclic amines) is 1. The number of hydrogen-bond acceptors (Lipinski definition) is 4. The molecule has 0 radical (unpaired) electrons. The first-order valence-corrected chi connectivity index (χ1v) is 8.16. The van der Waals surface area contributed by atoms with Crippen LogP contribution in [0.1, 0.15) is 55.7 Å². The highest BCUT2D eigenvalue weighted by atomic mass is 16.4. The van der Waals surface area contributed by atoms with E-state index in [9.17, 15) is 14.7 Å². The summed E-state index contributed by atoms with van der Waals surface area (Å²) in [6.07, 6.45) is 2.85. The normalized spacial score (nSPS) is 21.0. The molecule has 1 amide bonds. The second-order valence-electron chi connectivity index (χ2n) is 6.86. The molecular formula is C17H22N4O3. The highest BCUT2D eigenvalue weighted by Gasteiger charge is 2.46. The number of hydrogen-bond donors (Lipinski definition) is 1. The van der Waals surface area contributed by atoms with E-state index in [2.05, 4.69) is 10.1 Å². The maximum atomic E-state index is 13.0. The van der Waals surface area contributed by atoms with E-state index in [4.69, 9.17) is 0 Å². The fraction of sp³-hybridized carbons (Fsp3) is 0.529. The van der Waals surface area contributed by atoms with Crippen LogP contribution < -0.4 is 0 Å². The lowest BCUT2D eigenvalue weighted by Crippen LogP contribution is -2.50. The summed E-state index contributed by atoms with van der Waals surface area (Å²) >= 11 is 0. The van der Waals surface area contributed by atoms with E-state index in [0.717, 1.165) is 11.0 Å². The SMILES string of the molecule is Cc1nc2c(cnn2C(C)C)cc1C(=O)N1CCCC1(C)C(=O)O. The Hall–Kier alpha value is -2.44. The smallest absolute Gasteiger partial charge is 0.329 e. The molecule has 0 saturated carbocycles. The zero-order valence-electron chi connectivity index (χ0n) is 14.4. The fourth-order valence-electron chi connectivity index (χ4n) is 3.32. The van der Waals surface area contributed by atoms with E-state index in [1.807, 2.05) is 18.5 Å². The van der Waals surface area contributed by atoms with Gasteiger partial charge in [0.1, 0.15) is 5.54 Å². The molecular weight excluding hydrogens is 308 g/mol. The Bertz CT molecular complexity index is 827. The summed E-state index contributed by atoms with van der Waals surface area (Å²) in [4.78, 5) is 30.6. The van der Waals surface area contributed by atoms with Crippen molar-refractivity contribution < 1.29 is 14.7 Å². The van der Waals surface area contributed by atoms with E-state index in [0.29, 0.717) is 30.6 Å². The van der Waals surface area contributed by atoms with Crippen LogP contribution in [0.4, 0.5) is 0 Å². The van der Waals surface area contributed by atoms with E-state index in [-0.39, 0.29) is 11.9 Å². The summed E-state index contributed by atoms with van der Waals surface area (Å²) in [6, 6.07) is 1.94. The number of nitrogens with zero attached hydrogens (tertiary/aromatic N) is 4. The van der Waals surface area contributed by atoms with Gasteiger partial charge < -0.3 is 10.0 Å². The van der Waals surface area contributed by atoms with E-state index in [1.165, 1.54) is 4.90 Å². The highest BCUT2D eigenvalue weighted by Crippen LogP contribution is 2.32. The van der Waals surface area contributed by atoms with Crippen LogP contribution in [-0.4, -0.2) is 48.7 Å². The maximum Gasteiger partial charge on any atom is 0.329 e. The Morgan fingerprint density at radius 2 is 2.08 bits per heavy atom. The van der Waals surface area contributed by atoms with E-state index < -0.39 is 11.5 Å². The number of carbonyl (C=O) groups excluding carboxylic acids is 1. The van der Waals surface area contributed by atoms with Crippen molar-refractivity contribution in [3.63, 3.8) is 0 Å². The quantitative estimate of drug-likeness (QED) is 0.933. The van der Waals surface area contributed by atoms with Gasteiger partial charge in [0.25, 0.3) is 5.91 Å². The van der Waals surface area contributed by atoms with Gasteiger partial charge in [-0.25, -0.2) is 14.5 Å². The maximum absolute atomic E-state index is 13.0. The van der Waals surface area contributed by atoms with Crippen molar-refractivity contribution in [1.29, 1.82) is 0 Å². The average Bonchev–Trinajstić information content (AvgIpc) is 3.09. The van der Waals surface area contributed by atoms with Gasteiger partial charge in [0.15, 0.2) is 5.65 Å². The Morgan fingerprint density at radius 1 is 1.38 bits per heavy atom. The fourth-order valence-corrected chi connectivity index (χ4v) is 3.32. The third kappa shape index (κ3) is 2.35. The van der Waals surface area contributed by atoms with Gasteiger partial charge in [-0.05, 0) is 46.6 Å². The number of carboxylic acid groups (broad SMARTS) is 1. The first kappa shape index (κ1) is 16.4. The lowest BCUT2D eigenvalue weighted by atomic mass is 9.98. The molecule has 1 unspecified atom stereocenters. The van der Waals surface area contributed by atoms with E-state index in [1.54, 1.807) is 26.1 Å². The first-order valence-electron chi connectivity index (χ1n) is 8.16. The van der Waals surface area contributed by atoms with Crippen LogP contribution in [0.5, 0.6) is 0 Å². The van der Waals surface area contributed by atoms with Crippen molar-refractivity contribution >= 4 is 22.9 Å². The van der Waals surface area contributed by atoms with Gasteiger partial charge in [-0.15, -0.1) is 0 Å². The molecule has 0 bridgehead atoms. The van der Waals surface area contributed by atoms with Crippen molar-refractivity contribution in [2.24, 2.45) is 0 Å². The summed E-state index contributed by atoms with van der Waals surface area (Å²) < 4.78 is 1.81. The molecule has 7 nitrogen and oxygen atoms in total. The minimum atomic E-state index is -1.15. The molecule has 2 aromatic rings. The molecule has 1 aliphatic heterocycles. The largest absolute Gasteiger partial charge is 0.480 e. The summed E-state index contributed by atoms with van der Waals surface area (Å²) in [5, 5.41) is 14.6. The van der Waals surface area contributed by atoms with Crippen molar-refractivity contribution in [2.75, 3.05) is 6.54 Å². The third-order valence-corrected chi connectivity index (χ3v) is 4.83. The Balaban J connectivity index is 2.05. The number of aromatic nitrogens is 3. The molecule has 0 aromatic carbocycles. The number of carbonyl (C=O) groups is 2. The summed E-state index contributed by atoms with van der Waals surface area (Å²) in [6.45, 7) is 7.87. The van der Waals surface area contributed by atoms with Crippen molar-refractivity contribution in [3.05, 3.63) is 23.5 Å².